The lowest BCUT2D eigenvalue weighted by molar-refractivity contribution is -0.385. The number of fused-ring (bicyclic) bond motifs is 1. The second-order valence-corrected chi connectivity index (χ2v) is 7.96. The van der Waals surface area contributed by atoms with Gasteiger partial charge in [-0.1, -0.05) is 48.5 Å². The third-order valence-electron chi connectivity index (χ3n) is 5.02. The summed E-state index contributed by atoms with van der Waals surface area (Å²) in [4.78, 5) is 40.9. The minimum absolute atomic E-state index is 0.171. The molecule has 10 nitrogen and oxygen atoms in total. The predicted octanol–water partition coefficient (Wildman–Crippen LogP) is 4.18. The van der Waals surface area contributed by atoms with Gasteiger partial charge in [-0.3, -0.25) is 14.9 Å². The lowest BCUT2D eigenvalue weighted by Crippen LogP contribution is -2.21. The average Bonchev–Trinajstić information content (AvgIpc) is 2.87. The van der Waals surface area contributed by atoms with E-state index in [0.717, 1.165) is 4.68 Å². The quantitative estimate of drug-likeness (QED) is 0.158. The number of benzene rings is 3. The number of hydrogen-bond acceptors (Lipinski definition) is 8. The summed E-state index contributed by atoms with van der Waals surface area (Å²) in [6, 6.07) is 20.2. The molecule has 0 unspecified atom stereocenters. The smallest absolute Gasteiger partial charge is 0.344 e. The van der Waals surface area contributed by atoms with Crippen LogP contribution >= 0.6 is 0 Å². The minimum Gasteiger partial charge on any atom is -0.474 e. The van der Waals surface area contributed by atoms with E-state index in [4.69, 9.17) is 9.47 Å². The van der Waals surface area contributed by atoms with Crippen molar-refractivity contribution in [1.29, 1.82) is 0 Å². The maximum absolute atomic E-state index is 13.3. The molecule has 0 saturated heterocycles. The molecule has 0 atom stereocenters. The van der Waals surface area contributed by atoms with Crippen molar-refractivity contribution in [3.63, 3.8) is 0 Å². The van der Waals surface area contributed by atoms with Crippen LogP contribution in [0, 0.1) is 10.1 Å². The zero-order valence-electron chi connectivity index (χ0n) is 19.5. The maximum Gasteiger partial charge on any atom is 0.344 e. The van der Waals surface area contributed by atoms with Gasteiger partial charge in [0.1, 0.15) is 0 Å². The molecule has 1 aromatic heterocycles. The van der Waals surface area contributed by atoms with E-state index in [9.17, 15) is 19.7 Å². The number of esters is 1. The van der Waals surface area contributed by atoms with Gasteiger partial charge in [-0.2, -0.15) is 9.78 Å². The Morgan fingerprint density at radius 3 is 2.53 bits per heavy atom. The zero-order chi connectivity index (χ0) is 25.7. The van der Waals surface area contributed by atoms with E-state index in [-0.39, 0.29) is 23.1 Å². The molecule has 0 fully saturated rings. The number of rotatable bonds is 8. The molecule has 0 aliphatic heterocycles. The van der Waals surface area contributed by atoms with Crippen molar-refractivity contribution in [2.75, 3.05) is 6.61 Å². The van der Waals surface area contributed by atoms with Crippen molar-refractivity contribution < 1.29 is 19.2 Å². The minimum atomic E-state index is -0.674. The monoisotopic (exact) mass is 486 g/mol. The number of carbonyl (C=O) groups is 1. The van der Waals surface area contributed by atoms with Gasteiger partial charge < -0.3 is 9.47 Å². The molecule has 0 bridgehead atoms. The lowest BCUT2D eigenvalue weighted by Gasteiger charge is -2.12. The zero-order valence-corrected chi connectivity index (χ0v) is 19.5. The molecule has 0 N–H and O–H groups in total. The molecule has 0 aliphatic carbocycles. The van der Waals surface area contributed by atoms with Gasteiger partial charge in [0.2, 0.25) is 5.75 Å². The van der Waals surface area contributed by atoms with Gasteiger partial charge in [-0.05, 0) is 32.0 Å². The van der Waals surface area contributed by atoms with E-state index in [0.29, 0.717) is 22.3 Å². The third kappa shape index (κ3) is 5.27. The summed E-state index contributed by atoms with van der Waals surface area (Å²) >= 11 is 0. The summed E-state index contributed by atoms with van der Waals surface area (Å²) in [5.41, 5.74) is 0.591. The fourth-order valence-electron chi connectivity index (χ4n) is 3.50. The Kier molecular flexibility index (Phi) is 7.15. The highest BCUT2D eigenvalue weighted by Crippen LogP contribution is 2.30. The number of nitro benzene ring substituents is 1. The van der Waals surface area contributed by atoms with E-state index < -0.39 is 23.1 Å². The van der Waals surface area contributed by atoms with Gasteiger partial charge in [0, 0.05) is 17.2 Å². The molecule has 0 spiro atoms. The Hall–Kier alpha value is -4.86. The summed E-state index contributed by atoms with van der Waals surface area (Å²) in [7, 11) is 0. The van der Waals surface area contributed by atoms with Gasteiger partial charge >= 0.3 is 11.7 Å². The van der Waals surface area contributed by atoms with Gasteiger partial charge in [-0.25, -0.2) is 9.78 Å². The van der Waals surface area contributed by atoms with Crippen LogP contribution in [-0.2, 0) is 9.53 Å². The highest BCUT2D eigenvalue weighted by atomic mass is 16.6. The maximum atomic E-state index is 13.3. The van der Waals surface area contributed by atoms with Gasteiger partial charge in [0.25, 0.3) is 5.56 Å². The first-order chi connectivity index (χ1) is 17.3. The Morgan fingerprint density at radius 2 is 1.81 bits per heavy atom. The topological polar surface area (TPSA) is 126 Å². The van der Waals surface area contributed by atoms with Crippen LogP contribution in [-0.4, -0.2) is 39.5 Å². The number of carbonyl (C=O) groups excluding carboxylic acids is 1. The van der Waals surface area contributed by atoms with E-state index in [1.54, 1.807) is 50.2 Å². The second kappa shape index (κ2) is 10.6. The SMILES string of the molecule is CC(C)OC(=O)COc1c(C=Nn2c(-c3ccccc3)nc3ccccc3c2=O)cccc1[N+](=O)[O-]. The predicted molar refractivity (Wildman–Crippen MR) is 134 cm³/mol. The number of para-hydroxylation sites is 2. The lowest BCUT2D eigenvalue weighted by atomic mass is 10.2. The van der Waals surface area contributed by atoms with E-state index in [1.807, 2.05) is 18.2 Å². The van der Waals surface area contributed by atoms with Crippen LogP contribution in [0.25, 0.3) is 22.3 Å². The summed E-state index contributed by atoms with van der Waals surface area (Å²) in [5.74, 6) is -0.550. The van der Waals surface area contributed by atoms with Crippen molar-refractivity contribution in [1.82, 2.24) is 9.66 Å². The van der Waals surface area contributed by atoms with Crippen LogP contribution in [0.1, 0.15) is 19.4 Å². The molecule has 0 aliphatic rings. The molecule has 36 heavy (non-hydrogen) atoms. The van der Waals surface area contributed by atoms with Crippen LogP contribution in [0.4, 0.5) is 5.69 Å². The first-order valence-electron chi connectivity index (χ1n) is 11.1. The average molecular weight is 486 g/mol. The fourth-order valence-corrected chi connectivity index (χ4v) is 3.50. The molecule has 0 saturated carbocycles. The largest absolute Gasteiger partial charge is 0.474 e. The number of ether oxygens (including phenoxy) is 2. The van der Waals surface area contributed by atoms with E-state index in [2.05, 4.69) is 10.1 Å². The first-order valence-corrected chi connectivity index (χ1v) is 11.1. The Morgan fingerprint density at radius 1 is 1.08 bits per heavy atom. The summed E-state index contributed by atoms with van der Waals surface area (Å²) < 4.78 is 11.7. The standard InChI is InChI=1S/C26H22N4O6/c1-17(2)36-23(31)16-35-24-19(11-8-14-22(24)30(33)34)15-27-29-25(18-9-4-3-5-10-18)28-21-13-7-6-12-20(21)26(29)32/h3-15,17H,16H2,1-2H3. The molecule has 4 rings (SSSR count). The second-order valence-electron chi connectivity index (χ2n) is 7.96. The molecule has 4 aromatic rings. The highest BCUT2D eigenvalue weighted by molar-refractivity contribution is 5.87. The van der Waals surface area contributed by atoms with Crippen molar-refractivity contribution in [2.45, 2.75) is 20.0 Å². The summed E-state index contributed by atoms with van der Waals surface area (Å²) in [6.45, 7) is 2.83. The molecule has 10 heteroatoms. The number of aromatic nitrogens is 2. The molecule has 1 heterocycles. The van der Waals surface area contributed by atoms with Crippen molar-refractivity contribution in [2.24, 2.45) is 5.10 Å². The molecule has 0 amide bonds. The Bertz CT molecular complexity index is 1510. The van der Waals surface area contributed by atoms with Crippen LogP contribution in [0.3, 0.4) is 0 Å². The van der Waals surface area contributed by atoms with Crippen molar-refractivity contribution in [3.8, 4) is 17.1 Å². The first kappa shape index (κ1) is 24.3. The van der Waals surface area contributed by atoms with Crippen LogP contribution in [0.5, 0.6) is 5.75 Å². The van der Waals surface area contributed by atoms with Crippen molar-refractivity contribution in [3.05, 3.63) is 98.8 Å². The third-order valence-corrected chi connectivity index (χ3v) is 5.02. The normalized spacial score (nSPS) is 11.2. The number of nitro groups is 1. The van der Waals surface area contributed by atoms with Crippen LogP contribution < -0.4 is 10.3 Å². The molecular formula is C26H22N4O6. The van der Waals surface area contributed by atoms with Gasteiger partial charge in [0.15, 0.2) is 12.4 Å². The molecule has 182 valence electrons. The van der Waals surface area contributed by atoms with Gasteiger partial charge in [-0.15, -0.1) is 0 Å². The Balaban J connectivity index is 1.81. The highest BCUT2D eigenvalue weighted by Gasteiger charge is 2.20. The summed E-state index contributed by atoms with van der Waals surface area (Å²) in [5, 5.41) is 16.3. The number of hydrogen-bond donors (Lipinski definition) is 0. The van der Waals surface area contributed by atoms with Crippen LogP contribution in [0.2, 0.25) is 0 Å². The molecular weight excluding hydrogens is 464 g/mol. The van der Waals surface area contributed by atoms with E-state index >= 15 is 0 Å². The van der Waals surface area contributed by atoms with Crippen LogP contribution in [0.15, 0.2) is 82.7 Å². The fraction of sp³-hybridized carbons (Fsp3) is 0.154. The van der Waals surface area contributed by atoms with E-state index in [1.165, 1.54) is 24.4 Å². The van der Waals surface area contributed by atoms with Gasteiger partial charge in [0.05, 0.1) is 28.1 Å². The van der Waals surface area contributed by atoms with Crippen molar-refractivity contribution >= 4 is 28.8 Å². The number of nitrogens with zero attached hydrogens (tertiary/aromatic N) is 4. The molecule has 0 radical (unpaired) electrons. The summed E-state index contributed by atoms with van der Waals surface area (Å²) in [6.07, 6.45) is 0.900. The Labute approximate surface area is 205 Å². The molecule has 3 aromatic carbocycles.